The van der Waals surface area contributed by atoms with Crippen LogP contribution in [0.2, 0.25) is 0 Å². The third-order valence-electron chi connectivity index (χ3n) is 2.90. The van der Waals surface area contributed by atoms with Gasteiger partial charge in [-0.2, -0.15) is 4.31 Å². The molecule has 1 heterocycles. The minimum absolute atomic E-state index is 0.208. The van der Waals surface area contributed by atoms with E-state index >= 15 is 0 Å². The van der Waals surface area contributed by atoms with Crippen LogP contribution in [-0.4, -0.2) is 56.7 Å². The molecule has 1 aliphatic rings. The monoisotopic (exact) mass is 293 g/mol. The third kappa shape index (κ3) is 4.17. The number of hydrogen-bond donors (Lipinski definition) is 0. The van der Waals surface area contributed by atoms with Gasteiger partial charge < -0.3 is 9.47 Å². The van der Waals surface area contributed by atoms with Crippen molar-refractivity contribution in [2.24, 2.45) is 0 Å². The fourth-order valence-corrected chi connectivity index (χ4v) is 3.65. The fourth-order valence-electron chi connectivity index (χ4n) is 2.01. The van der Waals surface area contributed by atoms with Crippen molar-refractivity contribution >= 4 is 22.0 Å². The molecule has 1 saturated heterocycles. The van der Waals surface area contributed by atoms with Crippen molar-refractivity contribution in [2.45, 2.75) is 32.2 Å². The van der Waals surface area contributed by atoms with Gasteiger partial charge in [-0.05, 0) is 19.8 Å². The molecular formula is C11H19NO6S. The van der Waals surface area contributed by atoms with Crippen LogP contribution in [0.15, 0.2) is 0 Å². The molecule has 110 valence electrons. The van der Waals surface area contributed by atoms with Gasteiger partial charge in [-0.3, -0.25) is 9.59 Å². The van der Waals surface area contributed by atoms with Crippen molar-refractivity contribution in [1.82, 2.24) is 4.31 Å². The number of ether oxygens (including phenoxy) is 2. The summed E-state index contributed by atoms with van der Waals surface area (Å²) in [6.45, 7) is 2.15. The molecule has 19 heavy (non-hydrogen) atoms. The molecule has 0 aromatic rings. The Bertz CT molecular complexity index is 432. The van der Waals surface area contributed by atoms with Crippen LogP contribution in [-0.2, 0) is 29.1 Å². The number of hydrogen-bond acceptors (Lipinski definition) is 6. The number of carbonyl (C=O) groups is 2. The van der Waals surface area contributed by atoms with Gasteiger partial charge in [0.1, 0.15) is 6.04 Å². The average molecular weight is 293 g/mol. The van der Waals surface area contributed by atoms with Crippen molar-refractivity contribution in [3.05, 3.63) is 0 Å². The predicted octanol–water partition coefficient (Wildman–Crippen LogP) is -0.0932. The predicted molar refractivity (Wildman–Crippen MR) is 66.8 cm³/mol. The Balaban J connectivity index is 2.66. The number of rotatable bonds is 6. The summed E-state index contributed by atoms with van der Waals surface area (Å²) in [6.07, 6.45) is 0.851. The second kappa shape index (κ2) is 6.85. The molecule has 1 unspecified atom stereocenters. The zero-order valence-electron chi connectivity index (χ0n) is 11.1. The maximum absolute atomic E-state index is 12.1. The number of carbonyl (C=O) groups excluding carboxylic acids is 2. The van der Waals surface area contributed by atoms with E-state index in [1.165, 1.54) is 7.11 Å². The van der Waals surface area contributed by atoms with Gasteiger partial charge in [0.05, 0.1) is 25.9 Å². The Morgan fingerprint density at radius 2 is 2.05 bits per heavy atom. The quantitative estimate of drug-likeness (QED) is 0.636. The SMILES string of the molecule is CCOC(=O)CCS(=O)(=O)N1CCCC1C(=O)OC. The summed E-state index contributed by atoms with van der Waals surface area (Å²) in [5, 5.41) is 0. The molecule has 0 bridgehead atoms. The number of methoxy groups -OCH3 is 1. The van der Waals surface area contributed by atoms with Gasteiger partial charge in [-0.15, -0.1) is 0 Å². The van der Waals surface area contributed by atoms with Crippen molar-refractivity contribution in [3.8, 4) is 0 Å². The first-order valence-corrected chi connectivity index (χ1v) is 7.76. The summed E-state index contributed by atoms with van der Waals surface area (Å²) < 4.78 is 34.6. The van der Waals surface area contributed by atoms with Crippen LogP contribution in [0.3, 0.4) is 0 Å². The highest BCUT2D eigenvalue weighted by Crippen LogP contribution is 2.22. The molecule has 1 atom stereocenters. The molecule has 0 aromatic heterocycles. The Morgan fingerprint density at radius 3 is 2.63 bits per heavy atom. The normalized spacial score (nSPS) is 20.2. The van der Waals surface area contributed by atoms with Crippen LogP contribution >= 0.6 is 0 Å². The van der Waals surface area contributed by atoms with E-state index in [0.29, 0.717) is 12.8 Å². The molecule has 0 N–H and O–H groups in total. The van der Waals surface area contributed by atoms with E-state index < -0.39 is 28.0 Å². The zero-order valence-corrected chi connectivity index (χ0v) is 11.9. The van der Waals surface area contributed by atoms with Gasteiger partial charge in [0.2, 0.25) is 10.0 Å². The summed E-state index contributed by atoms with van der Waals surface area (Å²) in [7, 11) is -2.42. The zero-order chi connectivity index (χ0) is 14.5. The average Bonchev–Trinajstić information content (AvgIpc) is 2.86. The molecule has 1 aliphatic heterocycles. The number of esters is 2. The van der Waals surface area contributed by atoms with E-state index in [-0.39, 0.29) is 25.3 Å². The van der Waals surface area contributed by atoms with E-state index in [9.17, 15) is 18.0 Å². The van der Waals surface area contributed by atoms with Crippen molar-refractivity contribution in [3.63, 3.8) is 0 Å². The topological polar surface area (TPSA) is 90.0 Å². The standard InChI is InChI=1S/C11H19NO6S/c1-3-18-10(13)6-8-19(15,16)12-7-4-5-9(12)11(14)17-2/h9H,3-8H2,1-2H3. The number of sulfonamides is 1. The van der Waals surface area contributed by atoms with Crippen LogP contribution < -0.4 is 0 Å². The van der Waals surface area contributed by atoms with Gasteiger partial charge in [0, 0.05) is 6.54 Å². The Morgan fingerprint density at radius 1 is 1.37 bits per heavy atom. The minimum atomic E-state index is -3.65. The Kier molecular flexibility index (Phi) is 5.74. The van der Waals surface area contributed by atoms with Crippen LogP contribution in [0.1, 0.15) is 26.2 Å². The van der Waals surface area contributed by atoms with Gasteiger partial charge >= 0.3 is 11.9 Å². The van der Waals surface area contributed by atoms with Crippen molar-refractivity contribution < 1.29 is 27.5 Å². The lowest BCUT2D eigenvalue weighted by Crippen LogP contribution is -2.42. The summed E-state index contributed by atoms with van der Waals surface area (Å²) in [5.74, 6) is -1.46. The van der Waals surface area contributed by atoms with Gasteiger partial charge in [0.25, 0.3) is 0 Å². The largest absolute Gasteiger partial charge is 0.468 e. The maximum atomic E-state index is 12.1. The summed E-state index contributed by atoms with van der Waals surface area (Å²) in [4.78, 5) is 22.7. The second-order valence-corrected chi connectivity index (χ2v) is 6.20. The highest BCUT2D eigenvalue weighted by Gasteiger charge is 2.39. The molecule has 0 saturated carbocycles. The molecule has 1 rings (SSSR count). The maximum Gasteiger partial charge on any atom is 0.324 e. The van der Waals surface area contributed by atoms with E-state index in [1.807, 2.05) is 0 Å². The molecule has 8 heteroatoms. The van der Waals surface area contributed by atoms with Crippen molar-refractivity contribution in [2.75, 3.05) is 26.0 Å². The lowest BCUT2D eigenvalue weighted by atomic mass is 10.2. The van der Waals surface area contributed by atoms with E-state index in [1.54, 1.807) is 6.92 Å². The smallest absolute Gasteiger partial charge is 0.324 e. The Labute approximate surface area is 112 Å². The minimum Gasteiger partial charge on any atom is -0.468 e. The molecule has 0 aliphatic carbocycles. The lowest BCUT2D eigenvalue weighted by molar-refractivity contribution is -0.144. The third-order valence-corrected chi connectivity index (χ3v) is 4.78. The number of nitrogens with zero attached hydrogens (tertiary/aromatic N) is 1. The lowest BCUT2D eigenvalue weighted by Gasteiger charge is -2.21. The molecule has 7 nitrogen and oxygen atoms in total. The Hall–Kier alpha value is -1.15. The van der Waals surface area contributed by atoms with Crippen LogP contribution in [0.4, 0.5) is 0 Å². The molecule has 0 radical (unpaired) electrons. The van der Waals surface area contributed by atoms with E-state index in [4.69, 9.17) is 0 Å². The van der Waals surface area contributed by atoms with Crippen LogP contribution in [0, 0.1) is 0 Å². The fraction of sp³-hybridized carbons (Fsp3) is 0.818. The van der Waals surface area contributed by atoms with Gasteiger partial charge in [-0.25, -0.2) is 8.42 Å². The molecule has 1 fully saturated rings. The summed E-state index contributed by atoms with van der Waals surface area (Å²) >= 11 is 0. The molecular weight excluding hydrogens is 274 g/mol. The summed E-state index contributed by atoms with van der Waals surface area (Å²) in [5.41, 5.74) is 0. The van der Waals surface area contributed by atoms with E-state index in [2.05, 4.69) is 9.47 Å². The van der Waals surface area contributed by atoms with Crippen LogP contribution in [0.5, 0.6) is 0 Å². The first-order chi connectivity index (χ1) is 8.92. The van der Waals surface area contributed by atoms with Gasteiger partial charge in [0.15, 0.2) is 0 Å². The van der Waals surface area contributed by atoms with Gasteiger partial charge in [-0.1, -0.05) is 0 Å². The van der Waals surface area contributed by atoms with E-state index in [0.717, 1.165) is 4.31 Å². The van der Waals surface area contributed by atoms with Crippen molar-refractivity contribution in [1.29, 1.82) is 0 Å². The summed E-state index contributed by atoms with van der Waals surface area (Å²) in [6, 6.07) is -0.766. The van der Waals surface area contributed by atoms with Crippen LogP contribution in [0.25, 0.3) is 0 Å². The highest BCUT2D eigenvalue weighted by molar-refractivity contribution is 7.89. The second-order valence-electron chi connectivity index (χ2n) is 4.16. The molecule has 0 spiro atoms. The molecule has 0 aromatic carbocycles. The first kappa shape index (κ1) is 15.9. The first-order valence-electron chi connectivity index (χ1n) is 6.15. The molecule has 0 amide bonds. The highest BCUT2D eigenvalue weighted by atomic mass is 32.2.